The predicted molar refractivity (Wildman–Crippen MR) is 87.1 cm³/mol. The standard InChI is InChI=1S/C18H24N2O2/c21-12-14-10-13-11-17(4-5-18(13)19-14)22-16-6-8-20(9-7-16)15-2-1-3-15/h4-5,10-11,15-16,19,21H,1-3,6-9,12H2. The Balaban J connectivity index is 1.38. The molecule has 2 fully saturated rings. The zero-order valence-corrected chi connectivity index (χ0v) is 12.9. The lowest BCUT2D eigenvalue weighted by atomic mass is 9.90. The Hall–Kier alpha value is -1.52. The Kier molecular flexibility index (Phi) is 3.80. The molecule has 1 saturated carbocycles. The summed E-state index contributed by atoms with van der Waals surface area (Å²) in [4.78, 5) is 5.84. The van der Waals surface area contributed by atoms with E-state index >= 15 is 0 Å². The molecule has 0 unspecified atom stereocenters. The van der Waals surface area contributed by atoms with Gasteiger partial charge in [-0.15, -0.1) is 0 Å². The van der Waals surface area contributed by atoms with Crippen LogP contribution >= 0.6 is 0 Å². The van der Waals surface area contributed by atoms with Crippen molar-refractivity contribution in [3.05, 3.63) is 30.0 Å². The number of aliphatic hydroxyl groups is 1. The second-order valence-electron chi connectivity index (χ2n) is 6.64. The van der Waals surface area contributed by atoms with E-state index in [0.29, 0.717) is 6.10 Å². The molecular weight excluding hydrogens is 276 g/mol. The second kappa shape index (κ2) is 5.94. The Morgan fingerprint density at radius 3 is 2.64 bits per heavy atom. The molecule has 4 rings (SSSR count). The summed E-state index contributed by atoms with van der Waals surface area (Å²) < 4.78 is 6.18. The zero-order chi connectivity index (χ0) is 14.9. The van der Waals surface area contributed by atoms with E-state index in [2.05, 4.69) is 16.0 Å². The molecule has 2 N–H and O–H groups in total. The molecule has 0 bridgehead atoms. The van der Waals surface area contributed by atoms with E-state index in [-0.39, 0.29) is 6.61 Å². The van der Waals surface area contributed by atoms with E-state index < -0.39 is 0 Å². The van der Waals surface area contributed by atoms with E-state index in [1.807, 2.05) is 18.2 Å². The molecule has 0 atom stereocenters. The molecule has 1 aliphatic carbocycles. The van der Waals surface area contributed by atoms with Crippen molar-refractivity contribution in [2.75, 3.05) is 13.1 Å². The molecule has 1 aromatic carbocycles. The second-order valence-corrected chi connectivity index (χ2v) is 6.64. The number of nitrogens with zero attached hydrogens (tertiary/aromatic N) is 1. The fourth-order valence-electron chi connectivity index (χ4n) is 3.63. The van der Waals surface area contributed by atoms with Crippen molar-refractivity contribution in [3.63, 3.8) is 0 Å². The van der Waals surface area contributed by atoms with E-state index in [1.54, 1.807) is 0 Å². The zero-order valence-electron chi connectivity index (χ0n) is 12.9. The summed E-state index contributed by atoms with van der Waals surface area (Å²) in [5.41, 5.74) is 1.90. The fourth-order valence-corrected chi connectivity index (χ4v) is 3.63. The highest BCUT2D eigenvalue weighted by molar-refractivity contribution is 5.81. The number of aliphatic hydroxyl groups excluding tert-OH is 1. The highest BCUT2D eigenvalue weighted by Crippen LogP contribution is 2.29. The molecule has 4 nitrogen and oxygen atoms in total. The summed E-state index contributed by atoms with van der Waals surface area (Å²) in [5.74, 6) is 0.943. The lowest BCUT2D eigenvalue weighted by Crippen LogP contribution is -2.46. The van der Waals surface area contributed by atoms with Crippen LogP contribution in [0.25, 0.3) is 10.9 Å². The average Bonchev–Trinajstić information content (AvgIpc) is 2.90. The Bertz CT molecular complexity index is 640. The number of aromatic nitrogens is 1. The normalized spacial score (nSPS) is 21.1. The number of aromatic amines is 1. The van der Waals surface area contributed by atoms with Crippen molar-refractivity contribution < 1.29 is 9.84 Å². The number of fused-ring (bicyclic) bond motifs is 1. The summed E-state index contributed by atoms with van der Waals surface area (Å²) in [7, 11) is 0. The van der Waals surface area contributed by atoms with Crippen molar-refractivity contribution in [2.45, 2.75) is 50.9 Å². The first kappa shape index (κ1) is 14.1. The van der Waals surface area contributed by atoms with Crippen LogP contribution in [0.2, 0.25) is 0 Å². The van der Waals surface area contributed by atoms with Gasteiger partial charge in [0.25, 0.3) is 0 Å². The molecule has 0 radical (unpaired) electrons. The Morgan fingerprint density at radius 1 is 1.14 bits per heavy atom. The van der Waals surface area contributed by atoms with E-state index in [9.17, 15) is 5.11 Å². The number of H-pyrrole nitrogens is 1. The average molecular weight is 300 g/mol. The molecule has 0 spiro atoms. The molecule has 2 heterocycles. The number of benzene rings is 1. The van der Waals surface area contributed by atoms with Crippen LogP contribution < -0.4 is 4.74 Å². The van der Waals surface area contributed by atoms with Crippen LogP contribution in [0, 0.1) is 0 Å². The van der Waals surface area contributed by atoms with Crippen LogP contribution in [0.5, 0.6) is 5.75 Å². The molecule has 1 saturated heterocycles. The summed E-state index contributed by atoms with van der Waals surface area (Å²) in [5, 5.41) is 10.3. The van der Waals surface area contributed by atoms with Crippen molar-refractivity contribution in [1.82, 2.24) is 9.88 Å². The first-order chi connectivity index (χ1) is 10.8. The number of ether oxygens (including phenoxy) is 1. The Labute approximate surface area is 131 Å². The lowest BCUT2D eigenvalue weighted by molar-refractivity contribution is 0.0494. The van der Waals surface area contributed by atoms with Gasteiger partial charge in [-0.1, -0.05) is 6.42 Å². The molecule has 22 heavy (non-hydrogen) atoms. The molecule has 2 aliphatic rings. The van der Waals surface area contributed by atoms with Crippen LogP contribution in [0.15, 0.2) is 24.3 Å². The van der Waals surface area contributed by atoms with Crippen molar-refractivity contribution in [1.29, 1.82) is 0 Å². The summed E-state index contributed by atoms with van der Waals surface area (Å²) in [6, 6.07) is 8.98. The van der Waals surface area contributed by atoms with Crippen LogP contribution in [-0.2, 0) is 6.61 Å². The largest absolute Gasteiger partial charge is 0.490 e. The van der Waals surface area contributed by atoms with Gasteiger partial charge in [0, 0.05) is 35.7 Å². The monoisotopic (exact) mass is 300 g/mol. The van der Waals surface area contributed by atoms with Gasteiger partial charge in [0.2, 0.25) is 0 Å². The van der Waals surface area contributed by atoms with Crippen LogP contribution in [0.3, 0.4) is 0 Å². The number of rotatable bonds is 4. The van der Waals surface area contributed by atoms with E-state index in [4.69, 9.17) is 4.74 Å². The maximum atomic E-state index is 9.20. The fraction of sp³-hybridized carbons (Fsp3) is 0.556. The van der Waals surface area contributed by atoms with Crippen molar-refractivity contribution >= 4 is 10.9 Å². The van der Waals surface area contributed by atoms with Gasteiger partial charge in [0.05, 0.1) is 6.61 Å². The SMILES string of the molecule is OCc1cc2cc(OC3CCN(C4CCC4)CC3)ccc2[nH]1. The minimum Gasteiger partial charge on any atom is -0.490 e. The van der Waals surface area contributed by atoms with Crippen LogP contribution in [0.4, 0.5) is 0 Å². The third kappa shape index (κ3) is 2.73. The molecule has 0 amide bonds. The molecule has 118 valence electrons. The minimum atomic E-state index is 0.0461. The van der Waals surface area contributed by atoms with Gasteiger partial charge in [-0.2, -0.15) is 0 Å². The van der Waals surface area contributed by atoms with Gasteiger partial charge in [0.1, 0.15) is 11.9 Å². The maximum Gasteiger partial charge on any atom is 0.120 e. The topological polar surface area (TPSA) is 48.5 Å². The Morgan fingerprint density at radius 2 is 1.95 bits per heavy atom. The molecular formula is C18H24N2O2. The highest BCUT2D eigenvalue weighted by atomic mass is 16.5. The number of piperidine rings is 1. The van der Waals surface area contributed by atoms with Gasteiger partial charge >= 0.3 is 0 Å². The van der Waals surface area contributed by atoms with Gasteiger partial charge in [-0.25, -0.2) is 0 Å². The number of hydrogen-bond acceptors (Lipinski definition) is 3. The number of nitrogens with one attached hydrogen (secondary N) is 1. The highest BCUT2D eigenvalue weighted by Gasteiger charge is 2.29. The van der Waals surface area contributed by atoms with E-state index in [1.165, 1.54) is 32.4 Å². The number of hydrogen-bond donors (Lipinski definition) is 2. The van der Waals surface area contributed by atoms with Gasteiger partial charge < -0.3 is 19.7 Å². The third-order valence-electron chi connectivity index (χ3n) is 5.19. The minimum absolute atomic E-state index is 0.0461. The summed E-state index contributed by atoms with van der Waals surface area (Å²) >= 11 is 0. The van der Waals surface area contributed by atoms with Crippen LogP contribution in [0.1, 0.15) is 37.8 Å². The quantitative estimate of drug-likeness (QED) is 0.912. The molecule has 2 aromatic rings. The molecule has 1 aliphatic heterocycles. The lowest BCUT2D eigenvalue weighted by Gasteiger charge is -2.41. The first-order valence-corrected chi connectivity index (χ1v) is 8.45. The maximum absolute atomic E-state index is 9.20. The number of likely N-dealkylation sites (tertiary alicyclic amines) is 1. The predicted octanol–water partition coefficient (Wildman–Crippen LogP) is 3.06. The van der Waals surface area contributed by atoms with Gasteiger partial charge in [0.15, 0.2) is 0 Å². The van der Waals surface area contributed by atoms with Crippen molar-refractivity contribution in [3.8, 4) is 5.75 Å². The van der Waals surface area contributed by atoms with Crippen molar-refractivity contribution in [2.24, 2.45) is 0 Å². The first-order valence-electron chi connectivity index (χ1n) is 8.45. The molecule has 4 heteroatoms. The van der Waals surface area contributed by atoms with E-state index in [0.717, 1.165) is 41.2 Å². The van der Waals surface area contributed by atoms with Crippen LogP contribution in [-0.4, -0.2) is 40.2 Å². The third-order valence-corrected chi connectivity index (χ3v) is 5.19. The smallest absolute Gasteiger partial charge is 0.120 e. The van der Waals surface area contributed by atoms with Gasteiger partial charge in [-0.05, 0) is 49.9 Å². The molecule has 1 aromatic heterocycles. The summed E-state index contributed by atoms with van der Waals surface area (Å²) in [6.45, 7) is 2.40. The van der Waals surface area contributed by atoms with Gasteiger partial charge in [-0.3, -0.25) is 0 Å². The summed E-state index contributed by atoms with van der Waals surface area (Å²) in [6.07, 6.45) is 6.79.